The predicted molar refractivity (Wildman–Crippen MR) is 33.2 cm³/mol. The maximum atomic E-state index is 10.1. The van der Waals surface area contributed by atoms with E-state index in [0.717, 1.165) is 0 Å². The van der Waals surface area contributed by atoms with E-state index in [4.69, 9.17) is 0 Å². The number of carboxylic acid groups (broad SMARTS) is 1. The summed E-state index contributed by atoms with van der Waals surface area (Å²) in [6.07, 6.45) is 3.99. The monoisotopic (exact) mass is 145 g/mol. The Balaban J connectivity index is 3.48. The van der Waals surface area contributed by atoms with Crippen molar-refractivity contribution in [3.8, 4) is 0 Å². The van der Waals surface area contributed by atoms with Crippen LogP contribution in [0.4, 0.5) is 0 Å². The molecule has 1 atom stereocenters. The lowest BCUT2D eigenvalue weighted by Crippen LogP contribution is -2.68. The van der Waals surface area contributed by atoms with Gasteiger partial charge in [-0.2, -0.15) is 0 Å². The van der Waals surface area contributed by atoms with E-state index < -0.39 is 12.0 Å². The first kappa shape index (κ1) is 9.13. The fourth-order valence-corrected chi connectivity index (χ4v) is 0.475. The zero-order valence-electron chi connectivity index (χ0n) is 5.88. The van der Waals surface area contributed by atoms with Gasteiger partial charge < -0.3 is 21.4 Å². The van der Waals surface area contributed by atoms with Crippen molar-refractivity contribution in [3.63, 3.8) is 0 Å². The largest absolute Gasteiger partial charge is 0.544 e. The molecule has 0 aromatic rings. The highest BCUT2D eigenvalue weighted by molar-refractivity contribution is 5.69. The highest BCUT2D eigenvalue weighted by Crippen LogP contribution is 1.84. The lowest BCUT2D eigenvalue weighted by Gasteiger charge is -2.04. The van der Waals surface area contributed by atoms with Gasteiger partial charge in [-0.3, -0.25) is 0 Å². The van der Waals surface area contributed by atoms with Gasteiger partial charge in [-0.1, -0.05) is 6.08 Å². The van der Waals surface area contributed by atoms with Gasteiger partial charge in [-0.25, -0.2) is 0 Å². The van der Waals surface area contributed by atoms with Crippen molar-refractivity contribution in [2.75, 3.05) is 6.54 Å². The second-order valence-corrected chi connectivity index (χ2v) is 2.01. The SMILES string of the molecule is [NH3+]C/C=C/C[C@@H]([NH3+])C(=O)[O-]. The van der Waals surface area contributed by atoms with Crippen LogP contribution < -0.4 is 16.6 Å². The maximum absolute atomic E-state index is 10.1. The van der Waals surface area contributed by atoms with Crippen molar-refractivity contribution < 1.29 is 21.4 Å². The topological polar surface area (TPSA) is 95.4 Å². The average molecular weight is 145 g/mol. The highest BCUT2D eigenvalue weighted by atomic mass is 16.4. The van der Waals surface area contributed by atoms with Crippen molar-refractivity contribution in [3.05, 3.63) is 12.2 Å². The molecule has 10 heavy (non-hydrogen) atoms. The van der Waals surface area contributed by atoms with E-state index in [0.29, 0.717) is 13.0 Å². The Labute approximate surface area is 59.5 Å². The van der Waals surface area contributed by atoms with Gasteiger partial charge in [0, 0.05) is 6.42 Å². The molecular weight excluding hydrogens is 132 g/mol. The van der Waals surface area contributed by atoms with Gasteiger partial charge >= 0.3 is 0 Å². The zero-order valence-corrected chi connectivity index (χ0v) is 5.88. The Kier molecular flexibility index (Phi) is 4.53. The van der Waals surface area contributed by atoms with Crippen molar-refractivity contribution in [2.45, 2.75) is 12.5 Å². The second kappa shape index (κ2) is 4.96. The van der Waals surface area contributed by atoms with Gasteiger partial charge in [-0.05, 0) is 6.08 Å². The molecular formula is C6H13N2O2+. The van der Waals surface area contributed by atoms with Crippen molar-refractivity contribution >= 4 is 5.97 Å². The van der Waals surface area contributed by atoms with Gasteiger partial charge in [0.1, 0.15) is 6.04 Å². The number of aliphatic carboxylic acids is 1. The van der Waals surface area contributed by atoms with Gasteiger partial charge in [0.15, 0.2) is 0 Å². The summed E-state index contributed by atoms with van der Waals surface area (Å²) < 4.78 is 0. The Morgan fingerprint density at radius 2 is 2.20 bits per heavy atom. The normalized spacial score (nSPS) is 13.8. The lowest BCUT2D eigenvalue weighted by molar-refractivity contribution is -0.436. The van der Waals surface area contributed by atoms with Crippen molar-refractivity contribution in [1.82, 2.24) is 0 Å². The fourth-order valence-electron chi connectivity index (χ4n) is 0.475. The third kappa shape index (κ3) is 4.05. The molecule has 6 N–H and O–H groups in total. The molecule has 0 saturated heterocycles. The molecule has 0 aromatic heterocycles. The van der Waals surface area contributed by atoms with Crippen LogP contribution in [0.1, 0.15) is 6.42 Å². The van der Waals surface area contributed by atoms with Crippen LogP contribution in [0, 0.1) is 0 Å². The number of carboxylic acids is 1. The van der Waals surface area contributed by atoms with Crippen molar-refractivity contribution in [2.24, 2.45) is 0 Å². The third-order valence-corrected chi connectivity index (χ3v) is 1.09. The number of rotatable bonds is 4. The summed E-state index contributed by atoms with van der Waals surface area (Å²) in [6.45, 7) is 0.680. The molecule has 0 aromatic carbocycles. The average Bonchev–Trinajstić information content (AvgIpc) is 1.88. The van der Waals surface area contributed by atoms with E-state index in [-0.39, 0.29) is 0 Å². The summed E-state index contributed by atoms with van der Waals surface area (Å²) in [6, 6.07) is -0.636. The molecule has 0 amide bonds. The smallest absolute Gasteiger partial charge is 0.128 e. The molecule has 0 aliphatic rings. The standard InChI is InChI=1S/C6H12N2O2/c7-4-2-1-3-5(8)6(9)10/h1-2,5H,3-4,7-8H2,(H,9,10)/p+1/b2-1+/t5-/m1/s1. The number of hydrogen-bond acceptors (Lipinski definition) is 2. The van der Waals surface area contributed by atoms with Crippen LogP contribution in [0.2, 0.25) is 0 Å². The summed E-state index contributed by atoms with van der Waals surface area (Å²) in [5.41, 5.74) is 6.93. The molecule has 0 radical (unpaired) electrons. The Morgan fingerprint density at radius 3 is 2.60 bits per heavy atom. The first-order valence-corrected chi connectivity index (χ1v) is 3.16. The zero-order chi connectivity index (χ0) is 7.98. The molecule has 0 rings (SSSR count). The summed E-state index contributed by atoms with van der Waals surface area (Å²) in [4.78, 5) is 10.1. The van der Waals surface area contributed by atoms with Gasteiger partial charge in [0.25, 0.3) is 0 Å². The minimum atomic E-state index is -1.10. The minimum absolute atomic E-state index is 0.428. The maximum Gasteiger partial charge on any atom is 0.128 e. The number of quaternary nitrogens is 2. The second-order valence-electron chi connectivity index (χ2n) is 2.01. The van der Waals surface area contributed by atoms with E-state index in [9.17, 15) is 9.90 Å². The molecule has 0 aliphatic heterocycles. The van der Waals surface area contributed by atoms with Crippen LogP contribution in [0.5, 0.6) is 0 Å². The van der Waals surface area contributed by atoms with Crippen LogP contribution in [0.25, 0.3) is 0 Å². The van der Waals surface area contributed by atoms with Crippen LogP contribution in [-0.4, -0.2) is 18.6 Å². The minimum Gasteiger partial charge on any atom is -0.544 e. The molecule has 4 nitrogen and oxygen atoms in total. The molecule has 0 unspecified atom stereocenters. The lowest BCUT2D eigenvalue weighted by atomic mass is 10.2. The Bertz CT molecular complexity index is 134. The molecule has 4 heteroatoms. The number of carbonyl (C=O) groups is 1. The first-order valence-electron chi connectivity index (χ1n) is 3.16. The van der Waals surface area contributed by atoms with E-state index in [2.05, 4.69) is 11.5 Å². The molecule has 0 aliphatic carbocycles. The molecule has 0 bridgehead atoms. The first-order chi connectivity index (χ1) is 4.68. The fraction of sp³-hybridized carbons (Fsp3) is 0.500. The Hall–Kier alpha value is -0.870. The van der Waals surface area contributed by atoms with E-state index in [1.165, 1.54) is 0 Å². The molecule has 0 heterocycles. The van der Waals surface area contributed by atoms with E-state index >= 15 is 0 Å². The van der Waals surface area contributed by atoms with E-state index in [1.54, 1.807) is 12.2 Å². The third-order valence-electron chi connectivity index (χ3n) is 1.09. The number of carbonyl (C=O) groups excluding carboxylic acids is 1. The van der Waals surface area contributed by atoms with Crippen LogP contribution in [0.15, 0.2) is 12.2 Å². The molecule has 0 saturated carbocycles. The van der Waals surface area contributed by atoms with E-state index in [1.807, 2.05) is 0 Å². The summed E-state index contributed by atoms with van der Waals surface area (Å²) in [5, 5.41) is 10.1. The molecule has 0 fully saturated rings. The van der Waals surface area contributed by atoms with Crippen molar-refractivity contribution in [1.29, 1.82) is 0 Å². The molecule has 58 valence electrons. The quantitative estimate of drug-likeness (QED) is 0.402. The van der Waals surface area contributed by atoms with Crippen LogP contribution in [-0.2, 0) is 4.79 Å². The molecule has 0 spiro atoms. The predicted octanol–water partition coefficient (Wildman–Crippen LogP) is -3.46. The summed E-state index contributed by atoms with van der Waals surface area (Å²) in [7, 11) is 0. The van der Waals surface area contributed by atoms with Gasteiger partial charge in [0.05, 0.1) is 12.5 Å². The summed E-state index contributed by atoms with van der Waals surface area (Å²) in [5.74, 6) is -1.10. The highest BCUT2D eigenvalue weighted by Gasteiger charge is 2.02. The van der Waals surface area contributed by atoms with Gasteiger partial charge in [0.2, 0.25) is 0 Å². The number of hydrogen-bond donors (Lipinski definition) is 2. The van der Waals surface area contributed by atoms with Crippen LogP contribution >= 0.6 is 0 Å². The van der Waals surface area contributed by atoms with Crippen LogP contribution in [0.3, 0.4) is 0 Å². The van der Waals surface area contributed by atoms with Gasteiger partial charge in [-0.15, -0.1) is 0 Å². The summed E-state index contributed by atoms with van der Waals surface area (Å²) >= 11 is 0. The Morgan fingerprint density at radius 1 is 1.60 bits per heavy atom.